The second kappa shape index (κ2) is 11.0. The highest BCUT2D eigenvalue weighted by Gasteiger charge is 2.45. The van der Waals surface area contributed by atoms with E-state index in [0.717, 1.165) is 27.1 Å². The molecule has 184 valence electrons. The summed E-state index contributed by atoms with van der Waals surface area (Å²) in [6.45, 7) is 2.13. The van der Waals surface area contributed by atoms with Gasteiger partial charge < -0.3 is 19.7 Å². The molecule has 0 radical (unpaired) electrons. The number of rotatable bonds is 8. The van der Waals surface area contributed by atoms with Crippen LogP contribution in [0.3, 0.4) is 0 Å². The van der Waals surface area contributed by atoms with Crippen LogP contribution in [0.5, 0.6) is 0 Å². The summed E-state index contributed by atoms with van der Waals surface area (Å²) in [6.07, 6.45) is -2.77. The molecule has 1 heterocycles. The average Bonchev–Trinajstić information content (AvgIpc) is 3.20. The highest BCUT2D eigenvalue weighted by Crippen LogP contribution is 2.42. The summed E-state index contributed by atoms with van der Waals surface area (Å²) < 4.78 is 13.0. The van der Waals surface area contributed by atoms with E-state index >= 15 is 0 Å². The Morgan fingerprint density at radius 2 is 1.17 bits per heavy atom. The van der Waals surface area contributed by atoms with Crippen LogP contribution in [-0.4, -0.2) is 40.6 Å². The molecule has 1 fully saturated rings. The predicted octanol–water partition coefficient (Wildman–Crippen LogP) is 5.54. The Labute approximate surface area is 216 Å². The first-order valence-corrected chi connectivity index (χ1v) is 13.0. The molecular formula is C31H30O4S. The van der Waals surface area contributed by atoms with Crippen LogP contribution in [-0.2, 0) is 15.1 Å². The van der Waals surface area contributed by atoms with Gasteiger partial charge in [0, 0.05) is 4.90 Å². The van der Waals surface area contributed by atoms with Gasteiger partial charge in [-0.25, -0.2) is 0 Å². The van der Waals surface area contributed by atoms with E-state index in [2.05, 4.69) is 36.4 Å². The van der Waals surface area contributed by atoms with Crippen molar-refractivity contribution in [2.75, 3.05) is 6.61 Å². The minimum absolute atomic E-state index is 0.0991. The Kier molecular flexibility index (Phi) is 7.56. The number of aliphatic hydroxyl groups excluding tert-OH is 2. The van der Waals surface area contributed by atoms with Crippen molar-refractivity contribution in [3.05, 3.63) is 138 Å². The largest absolute Gasteiger partial charge is 0.387 e. The minimum Gasteiger partial charge on any atom is -0.387 e. The number of aliphatic hydroxyl groups is 2. The Morgan fingerprint density at radius 3 is 1.64 bits per heavy atom. The van der Waals surface area contributed by atoms with E-state index in [1.807, 2.05) is 85.8 Å². The topological polar surface area (TPSA) is 58.9 Å². The molecule has 0 aliphatic carbocycles. The molecule has 0 aromatic heterocycles. The maximum Gasteiger partial charge on any atom is 0.143 e. The zero-order chi connectivity index (χ0) is 25.0. The molecule has 0 amide bonds. The smallest absolute Gasteiger partial charge is 0.143 e. The van der Waals surface area contributed by atoms with Gasteiger partial charge in [-0.1, -0.05) is 120 Å². The van der Waals surface area contributed by atoms with Gasteiger partial charge in [0.1, 0.15) is 29.3 Å². The maximum atomic E-state index is 10.9. The number of ether oxygens (including phenoxy) is 2. The molecule has 0 spiro atoms. The van der Waals surface area contributed by atoms with Gasteiger partial charge in [0.05, 0.1) is 6.61 Å². The fourth-order valence-electron chi connectivity index (χ4n) is 4.68. The molecule has 1 saturated heterocycles. The predicted molar refractivity (Wildman–Crippen MR) is 143 cm³/mol. The van der Waals surface area contributed by atoms with Crippen molar-refractivity contribution in [3.8, 4) is 0 Å². The monoisotopic (exact) mass is 498 g/mol. The van der Waals surface area contributed by atoms with Gasteiger partial charge in [-0.3, -0.25) is 0 Å². The standard InChI is InChI=1S/C31H30O4S/c1-22-17-19-26(20-18-22)36-30-29(33)28(32)27(35-30)21-34-31(23-11-5-2-6-12-23,24-13-7-3-8-14-24)25-15-9-4-10-16-25/h2-20,27-30,32-33H,21H2,1H3/t27-,28+,29-,30+/m1/s1. The van der Waals surface area contributed by atoms with Gasteiger partial charge >= 0.3 is 0 Å². The highest BCUT2D eigenvalue weighted by molar-refractivity contribution is 7.99. The van der Waals surface area contributed by atoms with Crippen LogP contribution in [0.2, 0.25) is 0 Å². The van der Waals surface area contributed by atoms with Crippen molar-refractivity contribution in [2.24, 2.45) is 0 Å². The highest BCUT2D eigenvalue weighted by atomic mass is 32.2. The normalized spacial score (nSPS) is 22.0. The Balaban J connectivity index is 1.45. The first kappa shape index (κ1) is 24.8. The number of thioether (sulfide) groups is 1. The number of hydrogen-bond acceptors (Lipinski definition) is 5. The second-order valence-electron chi connectivity index (χ2n) is 9.05. The first-order chi connectivity index (χ1) is 17.6. The second-order valence-corrected chi connectivity index (χ2v) is 10.2. The summed E-state index contributed by atoms with van der Waals surface area (Å²) in [5, 5.41) is 21.7. The SMILES string of the molecule is Cc1ccc(S[C@@H]2O[C@H](COC(c3ccccc3)(c3ccccc3)c3ccccc3)[C@H](O)[C@H]2O)cc1. The maximum absolute atomic E-state index is 10.9. The summed E-state index contributed by atoms with van der Waals surface area (Å²) in [6, 6.07) is 38.3. The van der Waals surface area contributed by atoms with Crippen LogP contribution in [0.25, 0.3) is 0 Å². The van der Waals surface area contributed by atoms with E-state index in [1.54, 1.807) is 0 Å². The molecule has 1 aliphatic heterocycles. The molecule has 36 heavy (non-hydrogen) atoms. The van der Waals surface area contributed by atoms with E-state index in [1.165, 1.54) is 11.8 Å². The lowest BCUT2D eigenvalue weighted by Crippen LogP contribution is -2.39. The van der Waals surface area contributed by atoms with Crippen molar-refractivity contribution in [2.45, 2.75) is 41.2 Å². The van der Waals surface area contributed by atoms with E-state index in [9.17, 15) is 10.2 Å². The van der Waals surface area contributed by atoms with Crippen molar-refractivity contribution in [1.29, 1.82) is 0 Å². The Hall–Kier alpha value is -2.93. The quantitative estimate of drug-likeness (QED) is 0.312. The van der Waals surface area contributed by atoms with Gasteiger partial charge in [0.25, 0.3) is 0 Å². The van der Waals surface area contributed by atoms with E-state index < -0.39 is 29.3 Å². The van der Waals surface area contributed by atoms with Crippen LogP contribution < -0.4 is 0 Å². The molecule has 5 rings (SSSR count). The van der Waals surface area contributed by atoms with Gasteiger partial charge in [-0.15, -0.1) is 0 Å². The fraction of sp³-hybridized carbons (Fsp3) is 0.226. The molecule has 4 nitrogen and oxygen atoms in total. The molecular weight excluding hydrogens is 468 g/mol. The lowest BCUT2D eigenvalue weighted by Gasteiger charge is -2.37. The molecule has 0 bridgehead atoms. The van der Waals surface area contributed by atoms with E-state index in [0.29, 0.717) is 0 Å². The average molecular weight is 499 g/mol. The van der Waals surface area contributed by atoms with Crippen LogP contribution in [0, 0.1) is 6.92 Å². The van der Waals surface area contributed by atoms with Crippen LogP contribution in [0.4, 0.5) is 0 Å². The van der Waals surface area contributed by atoms with Crippen LogP contribution >= 0.6 is 11.8 Å². The van der Waals surface area contributed by atoms with Gasteiger partial charge in [0.15, 0.2) is 0 Å². The number of aryl methyl sites for hydroxylation is 1. The van der Waals surface area contributed by atoms with Gasteiger partial charge in [-0.05, 0) is 35.7 Å². The lowest BCUT2D eigenvalue weighted by molar-refractivity contribution is -0.0746. The third kappa shape index (κ3) is 4.99. The molecule has 1 aliphatic rings. The Bertz CT molecular complexity index is 1140. The molecule has 0 saturated carbocycles. The summed E-state index contributed by atoms with van der Waals surface area (Å²) in [7, 11) is 0. The summed E-state index contributed by atoms with van der Waals surface area (Å²) in [5.41, 5.74) is 2.58. The van der Waals surface area contributed by atoms with E-state index in [-0.39, 0.29) is 6.61 Å². The van der Waals surface area contributed by atoms with Crippen molar-refractivity contribution < 1.29 is 19.7 Å². The third-order valence-electron chi connectivity index (χ3n) is 6.60. The molecule has 4 aromatic carbocycles. The van der Waals surface area contributed by atoms with E-state index in [4.69, 9.17) is 9.47 Å². The summed E-state index contributed by atoms with van der Waals surface area (Å²) in [5.74, 6) is 0. The minimum atomic E-state index is -1.06. The van der Waals surface area contributed by atoms with Crippen molar-refractivity contribution in [1.82, 2.24) is 0 Å². The zero-order valence-electron chi connectivity index (χ0n) is 20.1. The summed E-state index contributed by atoms with van der Waals surface area (Å²) in [4.78, 5) is 0.977. The summed E-state index contributed by atoms with van der Waals surface area (Å²) >= 11 is 1.41. The zero-order valence-corrected chi connectivity index (χ0v) is 20.9. The molecule has 4 atom stereocenters. The van der Waals surface area contributed by atoms with Gasteiger partial charge in [0.2, 0.25) is 0 Å². The van der Waals surface area contributed by atoms with Crippen LogP contribution in [0.1, 0.15) is 22.3 Å². The fourth-order valence-corrected chi connectivity index (χ4v) is 5.74. The first-order valence-electron chi connectivity index (χ1n) is 12.1. The number of benzene rings is 4. The number of hydrogen-bond donors (Lipinski definition) is 2. The lowest BCUT2D eigenvalue weighted by atomic mass is 9.80. The molecule has 4 aromatic rings. The Morgan fingerprint density at radius 1 is 0.694 bits per heavy atom. The molecule has 0 unspecified atom stereocenters. The third-order valence-corrected chi connectivity index (χ3v) is 7.76. The molecule has 2 N–H and O–H groups in total. The van der Waals surface area contributed by atoms with Gasteiger partial charge in [-0.2, -0.15) is 0 Å². The van der Waals surface area contributed by atoms with Crippen molar-refractivity contribution >= 4 is 11.8 Å². The molecule has 5 heteroatoms. The van der Waals surface area contributed by atoms with Crippen LogP contribution in [0.15, 0.2) is 120 Å². The van der Waals surface area contributed by atoms with Crippen molar-refractivity contribution in [3.63, 3.8) is 0 Å².